The molecule has 0 spiro atoms. The van der Waals surface area contributed by atoms with E-state index in [4.69, 9.17) is 4.74 Å². The van der Waals surface area contributed by atoms with Crippen molar-refractivity contribution in [3.05, 3.63) is 95.0 Å². The molecule has 0 saturated carbocycles. The summed E-state index contributed by atoms with van der Waals surface area (Å²) in [7, 11) is 1.59. The normalized spacial score (nSPS) is 13.6. The number of thioether (sulfide) groups is 1. The maximum Gasteiger partial charge on any atom is 0.283 e. The van der Waals surface area contributed by atoms with Gasteiger partial charge in [0.25, 0.3) is 11.8 Å². The smallest absolute Gasteiger partial charge is 0.283 e. The first-order chi connectivity index (χ1) is 16.1. The summed E-state index contributed by atoms with van der Waals surface area (Å²) in [6.45, 7) is 2.16. The standard InChI is InChI=1S/C27H26N2O3S/c1-3-4-9-19-14-16-21(17-15-19)29-26(30)24(28-20-10-8-11-22(18-20)32-2)25(27(29)31)33-23-12-6-5-7-13-23/h5-8,10-18,28H,3-4,9H2,1-2H3. The Morgan fingerprint density at radius 1 is 0.909 bits per heavy atom. The van der Waals surface area contributed by atoms with E-state index in [0.717, 1.165) is 24.2 Å². The largest absolute Gasteiger partial charge is 0.497 e. The third-order valence-electron chi connectivity index (χ3n) is 5.36. The summed E-state index contributed by atoms with van der Waals surface area (Å²) in [6, 6.07) is 24.5. The van der Waals surface area contributed by atoms with Crippen LogP contribution in [0.2, 0.25) is 0 Å². The van der Waals surface area contributed by atoms with Crippen LogP contribution >= 0.6 is 11.8 Å². The van der Waals surface area contributed by atoms with Gasteiger partial charge in [0.15, 0.2) is 0 Å². The lowest BCUT2D eigenvalue weighted by molar-refractivity contribution is -0.120. The van der Waals surface area contributed by atoms with Gasteiger partial charge in [-0.25, -0.2) is 4.90 Å². The number of amides is 2. The predicted octanol–water partition coefficient (Wildman–Crippen LogP) is 6.03. The van der Waals surface area contributed by atoms with Gasteiger partial charge >= 0.3 is 0 Å². The third kappa shape index (κ3) is 5.12. The van der Waals surface area contributed by atoms with E-state index in [1.54, 1.807) is 13.2 Å². The molecule has 1 N–H and O–H groups in total. The highest BCUT2D eigenvalue weighted by molar-refractivity contribution is 8.04. The fourth-order valence-corrected chi connectivity index (χ4v) is 4.54. The second kappa shape index (κ2) is 10.4. The molecule has 0 saturated heterocycles. The van der Waals surface area contributed by atoms with Crippen molar-refractivity contribution >= 4 is 35.0 Å². The van der Waals surface area contributed by atoms with E-state index in [-0.39, 0.29) is 17.5 Å². The van der Waals surface area contributed by atoms with Crippen molar-refractivity contribution in [1.82, 2.24) is 0 Å². The maximum absolute atomic E-state index is 13.5. The number of methoxy groups -OCH3 is 1. The Bertz CT molecular complexity index is 1170. The van der Waals surface area contributed by atoms with Crippen LogP contribution in [0, 0.1) is 0 Å². The van der Waals surface area contributed by atoms with Crippen molar-refractivity contribution in [3.63, 3.8) is 0 Å². The maximum atomic E-state index is 13.5. The van der Waals surface area contributed by atoms with Gasteiger partial charge in [-0.2, -0.15) is 0 Å². The van der Waals surface area contributed by atoms with Gasteiger partial charge in [0.05, 0.1) is 12.8 Å². The first kappa shape index (κ1) is 22.7. The molecular weight excluding hydrogens is 432 g/mol. The van der Waals surface area contributed by atoms with Crippen LogP contribution in [-0.2, 0) is 16.0 Å². The van der Waals surface area contributed by atoms with E-state index in [9.17, 15) is 9.59 Å². The van der Waals surface area contributed by atoms with Gasteiger partial charge in [0, 0.05) is 16.6 Å². The molecule has 4 rings (SSSR count). The molecule has 6 heteroatoms. The van der Waals surface area contributed by atoms with Gasteiger partial charge in [-0.15, -0.1) is 0 Å². The van der Waals surface area contributed by atoms with Crippen LogP contribution in [-0.4, -0.2) is 18.9 Å². The number of aryl methyl sites for hydroxylation is 1. The SMILES string of the molecule is CCCCc1ccc(N2C(=O)C(Nc3cccc(OC)c3)=C(Sc3ccccc3)C2=O)cc1. The molecule has 1 heterocycles. The Morgan fingerprint density at radius 3 is 2.36 bits per heavy atom. The average Bonchev–Trinajstić information content (AvgIpc) is 3.08. The van der Waals surface area contributed by atoms with E-state index in [1.807, 2.05) is 72.8 Å². The fraction of sp³-hybridized carbons (Fsp3) is 0.185. The fourth-order valence-electron chi connectivity index (χ4n) is 3.59. The van der Waals surface area contributed by atoms with Crippen LogP contribution in [0.15, 0.2) is 94.4 Å². The van der Waals surface area contributed by atoms with Gasteiger partial charge < -0.3 is 10.1 Å². The van der Waals surface area contributed by atoms with Gasteiger partial charge in [-0.3, -0.25) is 9.59 Å². The highest BCUT2D eigenvalue weighted by atomic mass is 32.2. The Morgan fingerprint density at radius 2 is 1.67 bits per heavy atom. The van der Waals surface area contributed by atoms with Gasteiger partial charge in [-0.1, -0.05) is 61.5 Å². The van der Waals surface area contributed by atoms with Crippen LogP contribution in [0.3, 0.4) is 0 Å². The number of carbonyl (C=O) groups excluding carboxylic acids is 2. The van der Waals surface area contributed by atoms with E-state index >= 15 is 0 Å². The summed E-state index contributed by atoms with van der Waals surface area (Å²) >= 11 is 1.29. The van der Waals surface area contributed by atoms with Gasteiger partial charge in [0.2, 0.25) is 0 Å². The Hall–Kier alpha value is -3.51. The molecule has 168 valence electrons. The molecule has 0 fully saturated rings. The zero-order valence-electron chi connectivity index (χ0n) is 18.7. The van der Waals surface area contributed by atoms with Crippen molar-refractivity contribution in [1.29, 1.82) is 0 Å². The number of unbranched alkanes of at least 4 members (excludes halogenated alkanes) is 1. The van der Waals surface area contributed by atoms with Crippen LogP contribution < -0.4 is 15.0 Å². The molecule has 5 nitrogen and oxygen atoms in total. The second-order valence-corrected chi connectivity index (χ2v) is 8.78. The van der Waals surface area contributed by atoms with Crippen molar-refractivity contribution in [2.24, 2.45) is 0 Å². The molecule has 2 amide bonds. The summed E-state index contributed by atoms with van der Waals surface area (Å²) in [4.78, 5) is 29.4. The average molecular weight is 459 g/mol. The van der Waals surface area contributed by atoms with Crippen LogP contribution in [0.1, 0.15) is 25.3 Å². The van der Waals surface area contributed by atoms with E-state index < -0.39 is 0 Å². The summed E-state index contributed by atoms with van der Waals surface area (Å²) in [5.41, 5.74) is 2.70. The molecule has 1 aliphatic rings. The Kier molecular flexibility index (Phi) is 7.15. The van der Waals surface area contributed by atoms with Crippen molar-refractivity contribution in [2.75, 3.05) is 17.3 Å². The van der Waals surface area contributed by atoms with E-state index in [1.165, 1.54) is 22.2 Å². The topological polar surface area (TPSA) is 58.6 Å². The number of imide groups is 1. The van der Waals surface area contributed by atoms with Crippen LogP contribution in [0.5, 0.6) is 5.75 Å². The van der Waals surface area contributed by atoms with E-state index in [0.29, 0.717) is 22.0 Å². The molecule has 0 aromatic heterocycles. The minimum Gasteiger partial charge on any atom is -0.497 e. The van der Waals surface area contributed by atoms with Crippen molar-refractivity contribution in [3.8, 4) is 5.75 Å². The summed E-state index contributed by atoms with van der Waals surface area (Å²) in [5.74, 6) is -0.0442. The van der Waals surface area contributed by atoms with Crippen molar-refractivity contribution in [2.45, 2.75) is 31.1 Å². The summed E-state index contributed by atoms with van der Waals surface area (Å²) in [5, 5.41) is 3.17. The van der Waals surface area contributed by atoms with Gasteiger partial charge in [0.1, 0.15) is 16.4 Å². The second-order valence-electron chi connectivity index (χ2n) is 7.69. The molecular formula is C27H26N2O3S. The van der Waals surface area contributed by atoms with Crippen LogP contribution in [0.25, 0.3) is 0 Å². The minimum absolute atomic E-state index is 0.261. The number of nitrogens with zero attached hydrogens (tertiary/aromatic N) is 1. The highest BCUT2D eigenvalue weighted by Crippen LogP contribution is 2.38. The number of hydrogen-bond donors (Lipinski definition) is 1. The number of nitrogens with one attached hydrogen (secondary N) is 1. The predicted molar refractivity (Wildman–Crippen MR) is 133 cm³/mol. The molecule has 1 aliphatic heterocycles. The number of carbonyl (C=O) groups is 2. The third-order valence-corrected chi connectivity index (χ3v) is 6.45. The Balaban J connectivity index is 1.67. The molecule has 33 heavy (non-hydrogen) atoms. The molecule has 0 aliphatic carbocycles. The minimum atomic E-state index is -0.373. The summed E-state index contributed by atoms with van der Waals surface area (Å²) < 4.78 is 5.30. The number of hydrogen-bond acceptors (Lipinski definition) is 5. The molecule has 3 aromatic rings. The Labute approximate surface area is 198 Å². The van der Waals surface area contributed by atoms with E-state index in [2.05, 4.69) is 12.2 Å². The van der Waals surface area contributed by atoms with Crippen molar-refractivity contribution < 1.29 is 14.3 Å². The lowest BCUT2D eigenvalue weighted by Crippen LogP contribution is -2.32. The molecule has 0 bridgehead atoms. The summed E-state index contributed by atoms with van der Waals surface area (Å²) in [6.07, 6.45) is 3.21. The quantitative estimate of drug-likeness (QED) is 0.397. The number of anilines is 2. The number of ether oxygens (including phenoxy) is 1. The van der Waals surface area contributed by atoms with Crippen LogP contribution in [0.4, 0.5) is 11.4 Å². The first-order valence-corrected chi connectivity index (χ1v) is 11.8. The lowest BCUT2D eigenvalue weighted by Gasteiger charge is -2.16. The molecule has 0 atom stereocenters. The zero-order valence-corrected chi connectivity index (χ0v) is 19.5. The van der Waals surface area contributed by atoms with Gasteiger partial charge in [-0.05, 0) is 54.8 Å². The monoisotopic (exact) mass is 458 g/mol. The first-order valence-electron chi connectivity index (χ1n) is 11.0. The molecule has 0 radical (unpaired) electrons. The molecule has 0 unspecified atom stereocenters. The zero-order chi connectivity index (χ0) is 23.2. The highest BCUT2D eigenvalue weighted by Gasteiger charge is 2.40. The number of rotatable bonds is 9. The molecule has 3 aromatic carbocycles. The number of benzene rings is 3. The lowest BCUT2D eigenvalue weighted by atomic mass is 10.1.